The number of rotatable bonds is 3. The summed E-state index contributed by atoms with van der Waals surface area (Å²) in [6.45, 7) is 3.22. The Bertz CT molecular complexity index is 371. The topological polar surface area (TPSA) is 21.3 Å². The van der Waals surface area contributed by atoms with Crippen molar-refractivity contribution in [3.63, 3.8) is 0 Å². The molecule has 17 heavy (non-hydrogen) atoms. The van der Waals surface area contributed by atoms with Gasteiger partial charge in [-0.15, -0.1) is 0 Å². The van der Waals surface area contributed by atoms with Crippen LogP contribution in [-0.4, -0.2) is 19.7 Å². The molecule has 0 aromatic heterocycles. The second kappa shape index (κ2) is 5.19. The molecular weight excluding hydrogens is 210 g/mol. The van der Waals surface area contributed by atoms with Crippen molar-refractivity contribution in [1.29, 1.82) is 0 Å². The van der Waals surface area contributed by atoms with Gasteiger partial charge in [-0.2, -0.15) is 0 Å². The molecule has 0 spiro atoms. The Morgan fingerprint density at radius 2 is 2.18 bits per heavy atom. The summed E-state index contributed by atoms with van der Waals surface area (Å²) in [5.74, 6) is 0.726. The molecule has 1 aliphatic carbocycles. The van der Waals surface area contributed by atoms with E-state index in [4.69, 9.17) is 4.74 Å². The van der Waals surface area contributed by atoms with E-state index >= 15 is 0 Å². The molecule has 1 aromatic rings. The van der Waals surface area contributed by atoms with Gasteiger partial charge in [0.15, 0.2) is 0 Å². The predicted octanol–water partition coefficient (Wildman–Crippen LogP) is 2.69. The summed E-state index contributed by atoms with van der Waals surface area (Å²) in [6.07, 6.45) is 5.30. The quantitative estimate of drug-likeness (QED) is 0.863. The maximum Gasteiger partial charge on any atom is 0.0827 e. The predicted molar refractivity (Wildman–Crippen MR) is 69.0 cm³/mol. The fourth-order valence-electron chi connectivity index (χ4n) is 2.99. The van der Waals surface area contributed by atoms with Crippen molar-refractivity contribution in [2.45, 2.75) is 31.8 Å². The van der Waals surface area contributed by atoms with Crippen LogP contribution in [0.15, 0.2) is 24.3 Å². The van der Waals surface area contributed by atoms with Crippen molar-refractivity contribution in [1.82, 2.24) is 5.32 Å². The summed E-state index contributed by atoms with van der Waals surface area (Å²) in [5.41, 5.74) is 2.93. The minimum atomic E-state index is 0.348. The molecule has 0 amide bonds. The molecule has 1 fully saturated rings. The fraction of sp³-hybridized carbons (Fsp3) is 0.600. The van der Waals surface area contributed by atoms with Crippen molar-refractivity contribution in [3.8, 4) is 0 Å². The number of hydrogen-bond acceptors (Lipinski definition) is 2. The second-order valence-electron chi connectivity index (χ2n) is 5.27. The molecular formula is C15H21NO. The highest BCUT2D eigenvalue weighted by atomic mass is 16.5. The molecule has 1 aromatic carbocycles. The van der Waals surface area contributed by atoms with Gasteiger partial charge >= 0.3 is 0 Å². The van der Waals surface area contributed by atoms with Gasteiger partial charge in [-0.25, -0.2) is 0 Å². The first-order chi connectivity index (χ1) is 8.43. The molecule has 0 saturated carbocycles. The molecule has 3 rings (SSSR count). The van der Waals surface area contributed by atoms with Crippen LogP contribution in [0.4, 0.5) is 0 Å². The van der Waals surface area contributed by atoms with Gasteiger partial charge in [0, 0.05) is 6.54 Å². The Hall–Kier alpha value is -0.860. The Labute approximate surface area is 103 Å². The van der Waals surface area contributed by atoms with E-state index in [0.29, 0.717) is 6.10 Å². The molecule has 2 atom stereocenters. The number of aryl methyl sites for hydroxylation is 1. The van der Waals surface area contributed by atoms with Crippen LogP contribution in [-0.2, 0) is 11.2 Å². The zero-order chi connectivity index (χ0) is 11.5. The maximum absolute atomic E-state index is 6.15. The van der Waals surface area contributed by atoms with Gasteiger partial charge in [-0.05, 0) is 49.3 Å². The maximum atomic E-state index is 6.15. The van der Waals surface area contributed by atoms with Gasteiger partial charge in [-0.1, -0.05) is 24.3 Å². The Morgan fingerprint density at radius 1 is 1.24 bits per heavy atom. The average Bonchev–Trinajstić information content (AvgIpc) is 2.89. The SMILES string of the molecule is c1ccc2c(c1)CCCC2OCC1CCNC1. The van der Waals surface area contributed by atoms with Crippen LogP contribution in [0.1, 0.15) is 36.5 Å². The van der Waals surface area contributed by atoms with Gasteiger partial charge in [0.05, 0.1) is 12.7 Å². The Balaban J connectivity index is 1.64. The second-order valence-corrected chi connectivity index (χ2v) is 5.27. The highest BCUT2D eigenvalue weighted by Gasteiger charge is 2.22. The molecule has 2 heteroatoms. The smallest absolute Gasteiger partial charge is 0.0827 e. The number of hydrogen-bond donors (Lipinski definition) is 1. The van der Waals surface area contributed by atoms with E-state index in [0.717, 1.165) is 25.6 Å². The fourth-order valence-corrected chi connectivity index (χ4v) is 2.99. The zero-order valence-electron chi connectivity index (χ0n) is 10.3. The van der Waals surface area contributed by atoms with Gasteiger partial charge in [0.1, 0.15) is 0 Å². The van der Waals surface area contributed by atoms with Gasteiger partial charge in [0.25, 0.3) is 0 Å². The molecule has 92 valence electrons. The summed E-state index contributed by atoms with van der Waals surface area (Å²) in [7, 11) is 0. The van der Waals surface area contributed by atoms with E-state index in [2.05, 4.69) is 29.6 Å². The van der Waals surface area contributed by atoms with Gasteiger partial charge < -0.3 is 10.1 Å². The molecule has 2 nitrogen and oxygen atoms in total. The lowest BCUT2D eigenvalue weighted by molar-refractivity contribution is 0.0214. The number of fused-ring (bicyclic) bond motifs is 1. The van der Waals surface area contributed by atoms with Gasteiger partial charge in [0.2, 0.25) is 0 Å². The first-order valence-corrected chi connectivity index (χ1v) is 6.83. The zero-order valence-corrected chi connectivity index (χ0v) is 10.3. The van der Waals surface area contributed by atoms with E-state index in [-0.39, 0.29) is 0 Å². The third kappa shape index (κ3) is 2.53. The normalized spacial score (nSPS) is 28.0. The van der Waals surface area contributed by atoms with Crippen LogP contribution in [0.5, 0.6) is 0 Å². The first-order valence-electron chi connectivity index (χ1n) is 6.83. The molecule has 2 unspecified atom stereocenters. The molecule has 1 aliphatic heterocycles. The van der Waals surface area contributed by atoms with Crippen LogP contribution >= 0.6 is 0 Å². The monoisotopic (exact) mass is 231 g/mol. The van der Waals surface area contributed by atoms with Crippen molar-refractivity contribution >= 4 is 0 Å². The van der Waals surface area contributed by atoms with Crippen molar-refractivity contribution in [3.05, 3.63) is 35.4 Å². The molecule has 2 aliphatic rings. The van der Waals surface area contributed by atoms with Crippen molar-refractivity contribution < 1.29 is 4.74 Å². The lowest BCUT2D eigenvalue weighted by Crippen LogP contribution is -2.18. The molecule has 1 N–H and O–H groups in total. The molecule has 1 heterocycles. The highest BCUT2D eigenvalue weighted by Crippen LogP contribution is 2.32. The summed E-state index contributed by atoms with van der Waals surface area (Å²) in [5, 5.41) is 3.40. The summed E-state index contributed by atoms with van der Waals surface area (Å²) in [6, 6.07) is 8.77. The Kier molecular flexibility index (Phi) is 3.44. The average molecular weight is 231 g/mol. The lowest BCUT2D eigenvalue weighted by atomic mass is 9.89. The van der Waals surface area contributed by atoms with E-state index in [1.54, 1.807) is 0 Å². The molecule has 0 bridgehead atoms. The number of nitrogens with one attached hydrogen (secondary N) is 1. The number of benzene rings is 1. The largest absolute Gasteiger partial charge is 0.373 e. The standard InChI is InChI=1S/C15H21NO/c1-2-6-14-13(4-1)5-3-7-15(14)17-11-12-8-9-16-10-12/h1-2,4,6,12,15-16H,3,5,7-11H2. The molecule has 0 radical (unpaired) electrons. The lowest BCUT2D eigenvalue weighted by Gasteiger charge is -2.26. The van der Waals surface area contributed by atoms with Crippen LogP contribution < -0.4 is 5.32 Å². The summed E-state index contributed by atoms with van der Waals surface area (Å²) >= 11 is 0. The minimum Gasteiger partial charge on any atom is -0.373 e. The van der Waals surface area contributed by atoms with Crippen LogP contribution in [0.25, 0.3) is 0 Å². The third-order valence-corrected chi connectivity index (χ3v) is 4.01. The van der Waals surface area contributed by atoms with E-state index in [1.165, 1.54) is 36.8 Å². The van der Waals surface area contributed by atoms with Crippen LogP contribution in [0, 0.1) is 5.92 Å². The number of ether oxygens (including phenoxy) is 1. The van der Waals surface area contributed by atoms with E-state index in [1.807, 2.05) is 0 Å². The first kappa shape index (κ1) is 11.2. The highest BCUT2D eigenvalue weighted by molar-refractivity contribution is 5.31. The third-order valence-electron chi connectivity index (χ3n) is 4.01. The minimum absolute atomic E-state index is 0.348. The van der Waals surface area contributed by atoms with Gasteiger partial charge in [-0.3, -0.25) is 0 Å². The summed E-state index contributed by atoms with van der Waals surface area (Å²) < 4.78 is 6.15. The van der Waals surface area contributed by atoms with Crippen LogP contribution in [0.2, 0.25) is 0 Å². The van der Waals surface area contributed by atoms with Crippen LogP contribution in [0.3, 0.4) is 0 Å². The van der Waals surface area contributed by atoms with Crippen molar-refractivity contribution in [2.75, 3.05) is 19.7 Å². The molecule has 1 saturated heterocycles. The van der Waals surface area contributed by atoms with E-state index in [9.17, 15) is 0 Å². The Morgan fingerprint density at radius 3 is 3.06 bits per heavy atom. The summed E-state index contributed by atoms with van der Waals surface area (Å²) in [4.78, 5) is 0. The van der Waals surface area contributed by atoms with E-state index < -0.39 is 0 Å². The van der Waals surface area contributed by atoms with Crippen molar-refractivity contribution in [2.24, 2.45) is 5.92 Å².